The average molecular weight is 1230 g/mol. The summed E-state index contributed by atoms with van der Waals surface area (Å²) in [7, 11) is -14.5. The zero-order valence-electron chi connectivity index (χ0n) is 42.5. The molecule has 4 aromatic carbocycles. The average Bonchev–Trinajstić information content (AvgIpc) is 3.36. The molecule has 0 spiro atoms. The van der Waals surface area contributed by atoms with Gasteiger partial charge in [-0.1, -0.05) is 67.1 Å². The molecule has 12 N–H and O–H groups in total. The predicted octanol–water partition coefficient (Wildman–Crippen LogP) is 9.92. The summed E-state index contributed by atoms with van der Waals surface area (Å²) in [6, 6.07) is 15.2. The Bertz CT molecular complexity index is 3500. The van der Waals surface area contributed by atoms with Gasteiger partial charge in [-0.15, -0.1) is 13.0 Å². The molecule has 0 bridgehead atoms. The summed E-state index contributed by atoms with van der Waals surface area (Å²) in [6.07, 6.45) is 4.21. The van der Waals surface area contributed by atoms with Crippen LogP contribution in [0.1, 0.15) is 65.5 Å². The van der Waals surface area contributed by atoms with Crippen LogP contribution in [0.4, 0.5) is 58.4 Å². The van der Waals surface area contributed by atoms with Gasteiger partial charge in [-0.25, -0.2) is 15.8 Å². The van der Waals surface area contributed by atoms with Crippen LogP contribution >= 0.6 is 36.1 Å². The smallest absolute Gasteiger partial charge is 0.296 e. The van der Waals surface area contributed by atoms with Crippen molar-refractivity contribution in [2.45, 2.75) is 95.8 Å². The quantitative estimate of drug-likeness (QED) is 0.00655. The van der Waals surface area contributed by atoms with E-state index in [0.29, 0.717) is 60.2 Å². The van der Waals surface area contributed by atoms with Crippen molar-refractivity contribution < 1.29 is 82.8 Å². The van der Waals surface area contributed by atoms with Crippen molar-refractivity contribution in [2.75, 3.05) is 31.9 Å². The molecule has 2 atom stereocenters. The van der Waals surface area contributed by atoms with Gasteiger partial charge in [0.15, 0.2) is 0 Å². The second kappa shape index (κ2) is 28.5. The van der Waals surface area contributed by atoms with Gasteiger partial charge >= 0.3 is 0 Å². The summed E-state index contributed by atoms with van der Waals surface area (Å²) in [5.41, 5.74) is 0.479. The first kappa shape index (κ1) is 63.0. The van der Waals surface area contributed by atoms with Gasteiger partial charge in [0.1, 0.15) is 9.79 Å². The maximum atomic E-state index is 13.0. The van der Waals surface area contributed by atoms with E-state index in [0.717, 1.165) is 24.3 Å². The molecule has 80 heavy (non-hydrogen) atoms. The molecule has 2 heterocycles. The van der Waals surface area contributed by atoms with Crippen LogP contribution in [-0.2, 0) is 58.5 Å². The van der Waals surface area contributed by atoms with Gasteiger partial charge in [0.2, 0.25) is 35.7 Å². The van der Waals surface area contributed by atoms with Crippen LogP contribution < -0.4 is 31.9 Å². The van der Waals surface area contributed by atoms with Crippen LogP contribution in [-0.4, -0.2) is 96.7 Å². The first-order valence-electron chi connectivity index (χ1n) is 23.0. The van der Waals surface area contributed by atoms with Crippen LogP contribution in [0, 0.1) is 11.8 Å². The molecule has 0 saturated heterocycles. The fourth-order valence-electron chi connectivity index (χ4n) is 7.43. The van der Waals surface area contributed by atoms with Gasteiger partial charge < -0.3 is 31.9 Å². The highest BCUT2D eigenvalue weighted by molar-refractivity contribution is 7.95. The third-order valence-electron chi connectivity index (χ3n) is 10.4. The van der Waals surface area contributed by atoms with Crippen LogP contribution in [0.15, 0.2) is 102 Å². The monoisotopic (exact) mass is 1230 g/mol. The van der Waals surface area contributed by atoms with Gasteiger partial charge in [-0.05, 0) is 110 Å². The lowest BCUT2D eigenvalue weighted by molar-refractivity contribution is -0.432. The molecule has 36 heteroatoms. The zero-order chi connectivity index (χ0) is 58.4. The van der Waals surface area contributed by atoms with Gasteiger partial charge in [-0.3, -0.25) is 13.7 Å². The van der Waals surface area contributed by atoms with E-state index in [-0.39, 0.29) is 96.9 Å². The van der Waals surface area contributed by atoms with Crippen molar-refractivity contribution in [2.24, 2.45) is 11.8 Å². The highest BCUT2D eigenvalue weighted by atomic mass is 32.2. The minimum absolute atomic E-state index is 0.0105. The molecule has 0 amide bonds. The number of hydrogen-bond acceptors (Lipinski definition) is 30. The largest absolute Gasteiger partial charge is 0.352 e. The number of nitrogens with one attached hydrogen (secondary N) is 6. The lowest BCUT2D eigenvalue weighted by atomic mass is 10.1. The molecular weight excluding hydrogens is 1180 g/mol. The molecular formula is C44H52N12O18S6. The molecule has 30 nitrogen and oxygen atoms in total. The maximum absolute atomic E-state index is 13.0. The highest BCUT2D eigenvalue weighted by Gasteiger charge is 2.22. The van der Waals surface area contributed by atoms with Crippen molar-refractivity contribution in [1.29, 1.82) is 0 Å². The molecule has 432 valence electrons. The summed E-state index contributed by atoms with van der Waals surface area (Å²) < 4.78 is 119. The van der Waals surface area contributed by atoms with E-state index in [1.165, 1.54) is 48.6 Å². The van der Waals surface area contributed by atoms with Gasteiger partial charge in [-0.2, -0.15) is 55.2 Å². The molecule has 6 aromatic rings. The van der Waals surface area contributed by atoms with E-state index < -0.39 is 45.0 Å². The second-order valence-electron chi connectivity index (χ2n) is 17.7. The van der Waals surface area contributed by atoms with Crippen molar-refractivity contribution in [3.05, 3.63) is 83.9 Å². The summed E-state index contributed by atoms with van der Waals surface area (Å²) in [5, 5.41) is 55.6. The first-order chi connectivity index (χ1) is 37.8. The molecule has 0 saturated carbocycles. The topological polar surface area (TPSA) is 429 Å². The fourth-order valence-corrected chi connectivity index (χ4v) is 10.6. The van der Waals surface area contributed by atoms with Crippen LogP contribution in [0.5, 0.6) is 0 Å². The Labute approximate surface area is 470 Å². The highest BCUT2D eigenvalue weighted by Crippen LogP contribution is 2.35. The fraction of sp³-hybridized carbons (Fsp3) is 0.273. The molecule has 0 aliphatic rings. The third kappa shape index (κ3) is 19.3. The van der Waals surface area contributed by atoms with Crippen molar-refractivity contribution >= 4 is 137 Å². The molecule has 2 unspecified atom stereocenters. The number of aromatic nitrogens is 6. The van der Waals surface area contributed by atoms with Crippen molar-refractivity contribution in [1.82, 2.24) is 29.9 Å². The lowest BCUT2D eigenvalue weighted by Gasteiger charge is -2.18. The van der Waals surface area contributed by atoms with E-state index in [9.17, 15) is 38.9 Å². The molecule has 0 fully saturated rings. The Morgan fingerprint density at radius 3 is 1.45 bits per heavy atom. The summed E-state index contributed by atoms with van der Waals surface area (Å²) in [4.78, 5) is 25.5. The van der Waals surface area contributed by atoms with E-state index >= 15 is 0 Å². The van der Waals surface area contributed by atoms with Crippen molar-refractivity contribution in [3.63, 3.8) is 0 Å². The normalized spacial score (nSPS) is 12.9. The van der Waals surface area contributed by atoms with E-state index in [2.05, 4.69) is 85.6 Å². The number of rotatable bonds is 30. The maximum Gasteiger partial charge on any atom is 0.296 e. The van der Waals surface area contributed by atoms with Crippen LogP contribution in [0.3, 0.4) is 0 Å². The predicted molar refractivity (Wildman–Crippen MR) is 294 cm³/mol. The van der Waals surface area contributed by atoms with Gasteiger partial charge in [0.05, 0.1) is 57.3 Å². The summed E-state index contributed by atoms with van der Waals surface area (Å²) >= 11 is 1.53. The zero-order valence-corrected chi connectivity index (χ0v) is 47.4. The third-order valence-corrected chi connectivity index (χ3v) is 14.9. The number of nitrogens with zero attached hydrogens (tertiary/aromatic N) is 6. The molecule has 0 aliphatic heterocycles. The standard InChI is InChI=1S/C44H52N12O18S6/c1-23(2)17-25(5)45-39-52-42(55-43(53-39)49-33-22-32(78(60,61)62)14-15-35(33)76-73-70-58)48-30-12-10-28(38(20-30)80(66,67)68)8-7-27-9-11-29(19-36(27)77-74-71-59)47-41-51-40(46-26(6)18-24(3)4)54-44(56-41)50-34-21-31(75-72-69-57)13-16-37(34)79(63,64)65/h7-16,19-26,57-59H,17-18H2,1-6H3,(H,60,61,62)(H,63,64,65)(H,66,67,68)(H3,45,48,49,52,53,55)(H3,46,47,50,51,54,56). The molecule has 0 radical (unpaired) electrons. The van der Waals surface area contributed by atoms with Crippen LogP contribution in [0.25, 0.3) is 12.2 Å². The second-order valence-corrected chi connectivity index (χ2v) is 24.2. The van der Waals surface area contributed by atoms with E-state index in [1.54, 1.807) is 12.1 Å². The Kier molecular flexibility index (Phi) is 22.5. The van der Waals surface area contributed by atoms with Gasteiger partial charge in [0, 0.05) is 33.2 Å². The molecule has 2 aromatic heterocycles. The number of anilines is 10. The molecule has 6 rings (SSSR count). The molecule has 0 aliphatic carbocycles. The Morgan fingerprint density at radius 2 is 0.938 bits per heavy atom. The lowest BCUT2D eigenvalue weighted by Crippen LogP contribution is -2.20. The Balaban J connectivity index is 1.32. The minimum atomic E-state index is -4.95. The van der Waals surface area contributed by atoms with Gasteiger partial charge in [0.25, 0.3) is 30.4 Å². The van der Waals surface area contributed by atoms with Crippen LogP contribution in [0.2, 0.25) is 0 Å². The Hall–Kier alpha value is -6.14. The summed E-state index contributed by atoms with van der Waals surface area (Å²) in [6.45, 7) is 11.9. The van der Waals surface area contributed by atoms with Crippen molar-refractivity contribution in [3.8, 4) is 0 Å². The first-order valence-corrected chi connectivity index (χ1v) is 29.6. The SMILES string of the molecule is CC(C)CC(C)Nc1nc(Nc2ccc(C=Cc3ccc(Nc4nc(Nc5cc(SOOO)ccc5S(=O)(=O)O)nc(NC(C)CC(C)C)n4)cc3SOOO)c(S(=O)(=O)O)c2)nc(Nc2cc(S(=O)(=O)O)ccc2SOOO)n1. The van der Waals surface area contributed by atoms with E-state index in [4.69, 9.17) is 20.1 Å². The Morgan fingerprint density at radius 1 is 0.475 bits per heavy atom. The summed E-state index contributed by atoms with van der Waals surface area (Å²) in [5.74, 6) is -0.0299. The minimum Gasteiger partial charge on any atom is -0.352 e. The number of hydrogen-bond donors (Lipinski definition) is 12. The van der Waals surface area contributed by atoms with E-state index in [1.807, 2.05) is 41.5 Å². The number of benzene rings is 4.